The molecule has 1 aromatic carbocycles. The molecule has 0 fully saturated rings. The summed E-state index contributed by atoms with van der Waals surface area (Å²) >= 11 is 2.34. The lowest BCUT2D eigenvalue weighted by Crippen LogP contribution is -2.22. The first kappa shape index (κ1) is 12.5. The van der Waals surface area contributed by atoms with E-state index < -0.39 is 0 Å². The van der Waals surface area contributed by atoms with Crippen molar-refractivity contribution in [2.45, 2.75) is 13.0 Å². The Morgan fingerprint density at radius 1 is 1.24 bits per heavy atom. The summed E-state index contributed by atoms with van der Waals surface area (Å²) in [6.45, 7) is 3.06. The highest BCUT2D eigenvalue weighted by atomic mass is 127. The van der Waals surface area contributed by atoms with Crippen LogP contribution in [0.15, 0.2) is 48.8 Å². The topological polar surface area (TPSA) is 24.9 Å². The maximum Gasteiger partial charge on any atom is 0.0592 e. The molecule has 0 aliphatic carbocycles. The van der Waals surface area contributed by atoms with Gasteiger partial charge in [-0.25, -0.2) is 0 Å². The van der Waals surface area contributed by atoms with Gasteiger partial charge < -0.3 is 5.32 Å². The number of hydrogen-bond acceptors (Lipinski definition) is 2. The van der Waals surface area contributed by atoms with Crippen LogP contribution in [0.1, 0.15) is 24.1 Å². The first-order chi connectivity index (χ1) is 8.31. The van der Waals surface area contributed by atoms with Crippen LogP contribution in [0.2, 0.25) is 0 Å². The zero-order valence-corrected chi connectivity index (χ0v) is 11.9. The van der Waals surface area contributed by atoms with Gasteiger partial charge in [-0.15, -0.1) is 0 Å². The number of nitrogens with zero attached hydrogens (tertiary/aromatic N) is 1. The Hall–Kier alpha value is -0.940. The molecule has 2 aromatic rings. The second-order valence-electron chi connectivity index (χ2n) is 3.83. The summed E-state index contributed by atoms with van der Waals surface area (Å²) in [5, 5.41) is 3.50. The third kappa shape index (κ3) is 3.26. The maximum atomic E-state index is 4.19. The summed E-state index contributed by atoms with van der Waals surface area (Å²) in [4.78, 5) is 4.19. The van der Waals surface area contributed by atoms with Crippen molar-refractivity contribution in [1.82, 2.24) is 10.3 Å². The summed E-state index contributed by atoms with van der Waals surface area (Å²) in [7, 11) is 0. The molecule has 0 aliphatic rings. The van der Waals surface area contributed by atoms with Gasteiger partial charge in [0.15, 0.2) is 0 Å². The molecule has 0 amide bonds. The van der Waals surface area contributed by atoms with E-state index in [9.17, 15) is 0 Å². The molecule has 0 aliphatic heterocycles. The molecule has 0 saturated heterocycles. The van der Waals surface area contributed by atoms with Crippen LogP contribution in [0.4, 0.5) is 0 Å². The smallest absolute Gasteiger partial charge is 0.0592 e. The molecular weight excluding hydrogens is 323 g/mol. The number of hydrogen-bond donors (Lipinski definition) is 1. The molecule has 1 heterocycles. The van der Waals surface area contributed by atoms with Gasteiger partial charge in [-0.05, 0) is 58.5 Å². The van der Waals surface area contributed by atoms with Gasteiger partial charge in [0.1, 0.15) is 0 Å². The van der Waals surface area contributed by atoms with E-state index >= 15 is 0 Å². The Bertz CT molecular complexity index is 471. The summed E-state index contributed by atoms with van der Waals surface area (Å²) in [5.41, 5.74) is 2.49. The number of pyridine rings is 1. The molecule has 1 atom stereocenters. The Balaban J connectivity index is 2.35. The second-order valence-corrected chi connectivity index (χ2v) is 5.08. The van der Waals surface area contributed by atoms with Crippen LogP contribution >= 0.6 is 22.6 Å². The molecule has 1 unspecified atom stereocenters. The van der Waals surface area contributed by atoms with Crippen molar-refractivity contribution in [3.8, 4) is 0 Å². The molecule has 0 spiro atoms. The molecule has 1 aromatic heterocycles. The van der Waals surface area contributed by atoms with Crippen LogP contribution < -0.4 is 5.32 Å². The van der Waals surface area contributed by atoms with Gasteiger partial charge in [-0.1, -0.05) is 25.1 Å². The van der Waals surface area contributed by atoms with E-state index in [1.165, 1.54) is 14.7 Å². The molecular formula is C14H15IN2. The summed E-state index contributed by atoms with van der Waals surface area (Å²) in [6, 6.07) is 12.9. The Labute approximate surface area is 116 Å². The number of rotatable bonds is 4. The molecule has 0 radical (unpaired) electrons. The normalized spacial score (nSPS) is 12.4. The van der Waals surface area contributed by atoms with Crippen molar-refractivity contribution in [2.24, 2.45) is 0 Å². The second kappa shape index (κ2) is 6.12. The number of aromatic nitrogens is 1. The lowest BCUT2D eigenvalue weighted by Gasteiger charge is -2.18. The first-order valence-electron chi connectivity index (χ1n) is 5.70. The van der Waals surface area contributed by atoms with Crippen molar-refractivity contribution in [3.05, 3.63) is 63.5 Å². The van der Waals surface area contributed by atoms with E-state index in [2.05, 4.69) is 70.1 Å². The molecule has 0 saturated carbocycles. The minimum absolute atomic E-state index is 0.225. The van der Waals surface area contributed by atoms with Gasteiger partial charge in [0.25, 0.3) is 0 Å². The highest BCUT2D eigenvalue weighted by Gasteiger charge is 2.12. The lowest BCUT2D eigenvalue weighted by molar-refractivity contribution is 0.628. The average molecular weight is 338 g/mol. The van der Waals surface area contributed by atoms with Crippen LogP contribution in [0.25, 0.3) is 0 Å². The standard InChI is InChI=1S/C14H15IN2/c1-2-17-14(12-6-4-8-16-10-12)11-5-3-7-13(15)9-11/h3-10,14,17H,2H2,1H3. The van der Waals surface area contributed by atoms with E-state index in [1.54, 1.807) is 6.20 Å². The molecule has 2 rings (SSSR count). The van der Waals surface area contributed by atoms with Crippen molar-refractivity contribution in [2.75, 3.05) is 6.54 Å². The zero-order valence-electron chi connectivity index (χ0n) is 9.73. The summed E-state index contributed by atoms with van der Waals surface area (Å²) in [5.74, 6) is 0. The highest BCUT2D eigenvalue weighted by Crippen LogP contribution is 2.22. The van der Waals surface area contributed by atoms with Crippen LogP contribution in [0.5, 0.6) is 0 Å². The molecule has 17 heavy (non-hydrogen) atoms. The van der Waals surface area contributed by atoms with Crippen molar-refractivity contribution in [1.29, 1.82) is 0 Å². The number of nitrogens with one attached hydrogen (secondary N) is 1. The third-order valence-corrected chi connectivity index (χ3v) is 3.28. The molecule has 88 valence electrons. The third-order valence-electron chi connectivity index (χ3n) is 2.61. The van der Waals surface area contributed by atoms with E-state index in [0.717, 1.165) is 6.54 Å². The van der Waals surface area contributed by atoms with Crippen LogP contribution in [-0.4, -0.2) is 11.5 Å². The Morgan fingerprint density at radius 3 is 2.71 bits per heavy atom. The zero-order chi connectivity index (χ0) is 12.1. The van der Waals surface area contributed by atoms with Crippen LogP contribution in [0.3, 0.4) is 0 Å². The average Bonchev–Trinajstić information content (AvgIpc) is 2.37. The van der Waals surface area contributed by atoms with Crippen LogP contribution in [-0.2, 0) is 0 Å². The minimum atomic E-state index is 0.225. The minimum Gasteiger partial charge on any atom is -0.306 e. The largest absolute Gasteiger partial charge is 0.306 e. The predicted molar refractivity (Wildman–Crippen MR) is 78.9 cm³/mol. The highest BCUT2D eigenvalue weighted by molar-refractivity contribution is 14.1. The SMILES string of the molecule is CCNC(c1cccnc1)c1cccc(I)c1. The maximum absolute atomic E-state index is 4.19. The van der Waals surface area contributed by atoms with E-state index in [-0.39, 0.29) is 6.04 Å². The number of benzene rings is 1. The molecule has 1 N–H and O–H groups in total. The fourth-order valence-electron chi connectivity index (χ4n) is 1.87. The Kier molecular flexibility index (Phi) is 4.50. The van der Waals surface area contributed by atoms with Gasteiger partial charge in [-0.2, -0.15) is 0 Å². The fourth-order valence-corrected chi connectivity index (χ4v) is 2.43. The van der Waals surface area contributed by atoms with E-state index in [1.807, 2.05) is 12.3 Å². The van der Waals surface area contributed by atoms with Crippen molar-refractivity contribution >= 4 is 22.6 Å². The van der Waals surface area contributed by atoms with Gasteiger partial charge in [0.2, 0.25) is 0 Å². The quantitative estimate of drug-likeness (QED) is 0.865. The van der Waals surface area contributed by atoms with E-state index in [4.69, 9.17) is 0 Å². The fraction of sp³-hybridized carbons (Fsp3) is 0.214. The first-order valence-corrected chi connectivity index (χ1v) is 6.78. The van der Waals surface area contributed by atoms with E-state index in [0.29, 0.717) is 0 Å². The lowest BCUT2D eigenvalue weighted by atomic mass is 10.0. The van der Waals surface area contributed by atoms with Gasteiger partial charge in [0.05, 0.1) is 6.04 Å². The van der Waals surface area contributed by atoms with Gasteiger partial charge in [-0.3, -0.25) is 4.98 Å². The van der Waals surface area contributed by atoms with Gasteiger partial charge in [0, 0.05) is 16.0 Å². The molecule has 3 heteroatoms. The Morgan fingerprint density at radius 2 is 2.06 bits per heavy atom. The van der Waals surface area contributed by atoms with Crippen LogP contribution in [0, 0.1) is 3.57 Å². The van der Waals surface area contributed by atoms with Gasteiger partial charge >= 0.3 is 0 Å². The van der Waals surface area contributed by atoms with Crippen molar-refractivity contribution in [3.63, 3.8) is 0 Å². The summed E-state index contributed by atoms with van der Waals surface area (Å²) < 4.78 is 1.26. The summed E-state index contributed by atoms with van der Waals surface area (Å²) in [6.07, 6.45) is 3.73. The monoisotopic (exact) mass is 338 g/mol. The number of halogens is 1. The van der Waals surface area contributed by atoms with Crippen molar-refractivity contribution < 1.29 is 0 Å². The molecule has 0 bridgehead atoms. The molecule has 2 nitrogen and oxygen atoms in total. The predicted octanol–water partition coefficient (Wildman–Crippen LogP) is 3.39.